The minimum atomic E-state index is 0.460. The maximum Gasteiger partial charge on any atom is 0.155 e. The van der Waals surface area contributed by atoms with E-state index >= 15 is 0 Å². The molecule has 0 saturated carbocycles. The summed E-state index contributed by atoms with van der Waals surface area (Å²) in [5.74, 6) is 0.732. The quantitative estimate of drug-likeness (QED) is 0.863. The molecule has 2 aromatic heterocycles. The smallest absolute Gasteiger partial charge is 0.155 e. The monoisotopic (exact) mass is 282 g/mol. The molecule has 6 heteroatoms. The van der Waals surface area contributed by atoms with Gasteiger partial charge in [-0.05, 0) is 35.0 Å². The van der Waals surface area contributed by atoms with Crippen LogP contribution in [0.2, 0.25) is 0 Å². The first-order chi connectivity index (χ1) is 7.70. The second kappa shape index (κ2) is 4.71. The van der Waals surface area contributed by atoms with E-state index in [-0.39, 0.29) is 0 Å². The van der Waals surface area contributed by atoms with Gasteiger partial charge in [0.25, 0.3) is 0 Å². The van der Waals surface area contributed by atoms with Crippen LogP contribution >= 0.6 is 15.9 Å². The van der Waals surface area contributed by atoms with Crippen LogP contribution in [0, 0.1) is 6.92 Å². The minimum absolute atomic E-state index is 0.460. The Hall–Kier alpha value is -1.27. The highest BCUT2D eigenvalue weighted by Crippen LogP contribution is 2.17. The van der Waals surface area contributed by atoms with Crippen molar-refractivity contribution in [2.45, 2.75) is 13.5 Å². The molecule has 2 heterocycles. The Labute approximate surface area is 102 Å². The summed E-state index contributed by atoms with van der Waals surface area (Å²) in [4.78, 5) is 4.43. The number of hydrogen-bond donors (Lipinski definition) is 0. The van der Waals surface area contributed by atoms with Crippen LogP contribution in [0.4, 0.5) is 0 Å². The van der Waals surface area contributed by atoms with Gasteiger partial charge in [0.05, 0.1) is 24.2 Å². The predicted octanol–water partition coefficient (Wildman–Crippen LogP) is 1.88. The number of pyridine rings is 1. The Kier molecular flexibility index (Phi) is 3.31. The maximum absolute atomic E-state index is 5.07. The number of aryl methyl sites for hydroxylation is 1. The summed E-state index contributed by atoms with van der Waals surface area (Å²) < 4.78 is 7.63. The van der Waals surface area contributed by atoms with Crippen LogP contribution in [-0.4, -0.2) is 27.1 Å². The lowest BCUT2D eigenvalue weighted by Gasteiger charge is -2.05. The van der Waals surface area contributed by atoms with Crippen molar-refractivity contribution >= 4 is 15.9 Å². The van der Waals surface area contributed by atoms with Gasteiger partial charge in [-0.15, -0.1) is 5.10 Å². The highest BCUT2D eigenvalue weighted by molar-refractivity contribution is 9.10. The molecule has 0 spiro atoms. The topological polar surface area (TPSA) is 52.8 Å². The molecule has 0 atom stereocenters. The van der Waals surface area contributed by atoms with Gasteiger partial charge in [0.2, 0.25) is 0 Å². The van der Waals surface area contributed by atoms with Gasteiger partial charge in [-0.25, -0.2) is 9.67 Å². The molecule has 0 unspecified atom stereocenters. The lowest BCUT2D eigenvalue weighted by molar-refractivity contribution is 0.181. The first kappa shape index (κ1) is 11.2. The number of nitrogens with zero attached hydrogens (tertiary/aromatic N) is 4. The second-order valence-electron chi connectivity index (χ2n) is 3.34. The Balaban J connectivity index is 2.39. The van der Waals surface area contributed by atoms with Crippen LogP contribution in [0.1, 0.15) is 11.4 Å². The zero-order valence-corrected chi connectivity index (χ0v) is 10.6. The van der Waals surface area contributed by atoms with Crippen LogP contribution in [0.25, 0.3) is 5.82 Å². The van der Waals surface area contributed by atoms with E-state index in [0.717, 1.165) is 21.7 Å². The molecule has 0 aliphatic heterocycles. The Morgan fingerprint density at radius 3 is 2.88 bits per heavy atom. The standard InChI is InChI=1S/C10H11BrN4O/c1-7-5-15(14-13-7)10-4-3-8(11)9(12-10)6-16-2/h3-5H,6H2,1-2H3. The van der Waals surface area contributed by atoms with E-state index in [1.165, 1.54) is 0 Å². The number of methoxy groups -OCH3 is 1. The van der Waals surface area contributed by atoms with Crippen LogP contribution in [0.3, 0.4) is 0 Å². The summed E-state index contributed by atoms with van der Waals surface area (Å²) in [7, 11) is 1.64. The number of rotatable bonds is 3. The van der Waals surface area contributed by atoms with Gasteiger partial charge in [-0.2, -0.15) is 0 Å². The van der Waals surface area contributed by atoms with E-state index in [0.29, 0.717) is 6.61 Å². The molecule has 0 fully saturated rings. The molecule has 2 rings (SSSR count). The Morgan fingerprint density at radius 2 is 2.25 bits per heavy atom. The van der Waals surface area contributed by atoms with E-state index in [1.54, 1.807) is 11.8 Å². The molecule has 0 aliphatic carbocycles. The summed E-state index contributed by atoms with van der Waals surface area (Å²) in [5, 5.41) is 7.89. The summed E-state index contributed by atoms with van der Waals surface area (Å²) >= 11 is 3.42. The molecule has 84 valence electrons. The highest BCUT2D eigenvalue weighted by atomic mass is 79.9. The van der Waals surface area contributed by atoms with Crippen LogP contribution in [-0.2, 0) is 11.3 Å². The third-order valence-corrected chi connectivity index (χ3v) is 2.75. The molecule has 0 saturated heterocycles. The van der Waals surface area contributed by atoms with Gasteiger partial charge in [0.15, 0.2) is 5.82 Å². The van der Waals surface area contributed by atoms with Gasteiger partial charge in [0.1, 0.15) is 0 Å². The van der Waals surface area contributed by atoms with E-state index in [4.69, 9.17) is 4.74 Å². The Bertz CT molecular complexity index is 497. The van der Waals surface area contributed by atoms with Crippen molar-refractivity contribution in [2.24, 2.45) is 0 Å². The molecular weight excluding hydrogens is 272 g/mol. The van der Waals surface area contributed by atoms with Crippen molar-refractivity contribution in [2.75, 3.05) is 7.11 Å². The van der Waals surface area contributed by atoms with Gasteiger partial charge >= 0.3 is 0 Å². The summed E-state index contributed by atoms with van der Waals surface area (Å²) in [5.41, 5.74) is 1.70. The molecule has 0 bridgehead atoms. The van der Waals surface area contributed by atoms with Crippen LogP contribution in [0.5, 0.6) is 0 Å². The fourth-order valence-electron chi connectivity index (χ4n) is 1.30. The molecular formula is C10H11BrN4O. The average molecular weight is 283 g/mol. The number of ether oxygens (including phenoxy) is 1. The zero-order chi connectivity index (χ0) is 11.5. The molecule has 0 amide bonds. The number of aromatic nitrogens is 4. The van der Waals surface area contributed by atoms with Crippen molar-refractivity contribution in [1.82, 2.24) is 20.0 Å². The largest absolute Gasteiger partial charge is 0.378 e. The molecule has 0 radical (unpaired) electrons. The number of hydrogen-bond acceptors (Lipinski definition) is 4. The molecule has 0 aliphatic rings. The van der Waals surface area contributed by atoms with E-state index in [9.17, 15) is 0 Å². The van der Waals surface area contributed by atoms with Gasteiger partial charge in [-0.1, -0.05) is 5.21 Å². The molecule has 2 aromatic rings. The highest BCUT2D eigenvalue weighted by Gasteiger charge is 2.06. The second-order valence-corrected chi connectivity index (χ2v) is 4.19. The van der Waals surface area contributed by atoms with Crippen molar-refractivity contribution in [3.8, 4) is 5.82 Å². The van der Waals surface area contributed by atoms with E-state index < -0.39 is 0 Å². The fourth-order valence-corrected chi connectivity index (χ4v) is 1.63. The van der Waals surface area contributed by atoms with Crippen molar-refractivity contribution < 1.29 is 4.74 Å². The van der Waals surface area contributed by atoms with Gasteiger partial charge in [-0.3, -0.25) is 0 Å². The predicted molar refractivity (Wildman–Crippen MR) is 62.3 cm³/mol. The third kappa shape index (κ3) is 2.28. The molecule has 0 N–H and O–H groups in total. The lowest BCUT2D eigenvalue weighted by atomic mass is 10.3. The van der Waals surface area contributed by atoms with Crippen molar-refractivity contribution in [3.05, 3.63) is 34.2 Å². The minimum Gasteiger partial charge on any atom is -0.378 e. The van der Waals surface area contributed by atoms with Gasteiger partial charge in [0, 0.05) is 11.6 Å². The lowest BCUT2D eigenvalue weighted by Crippen LogP contribution is -2.02. The molecule has 0 aromatic carbocycles. The van der Waals surface area contributed by atoms with E-state index in [1.807, 2.05) is 25.3 Å². The summed E-state index contributed by atoms with van der Waals surface area (Å²) in [6.45, 7) is 2.35. The van der Waals surface area contributed by atoms with Crippen LogP contribution < -0.4 is 0 Å². The maximum atomic E-state index is 5.07. The fraction of sp³-hybridized carbons (Fsp3) is 0.300. The van der Waals surface area contributed by atoms with E-state index in [2.05, 4.69) is 31.2 Å². The zero-order valence-electron chi connectivity index (χ0n) is 9.01. The Morgan fingerprint density at radius 1 is 1.44 bits per heavy atom. The SMILES string of the molecule is COCc1nc(-n2cc(C)nn2)ccc1Br. The molecule has 16 heavy (non-hydrogen) atoms. The normalized spacial score (nSPS) is 10.7. The molecule has 5 nitrogen and oxygen atoms in total. The summed E-state index contributed by atoms with van der Waals surface area (Å²) in [6, 6.07) is 3.80. The van der Waals surface area contributed by atoms with Crippen LogP contribution in [0.15, 0.2) is 22.8 Å². The third-order valence-electron chi connectivity index (χ3n) is 2.03. The first-order valence-corrected chi connectivity index (χ1v) is 5.53. The van der Waals surface area contributed by atoms with Crippen molar-refractivity contribution in [3.63, 3.8) is 0 Å². The average Bonchev–Trinajstić information content (AvgIpc) is 2.69. The first-order valence-electron chi connectivity index (χ1n) is 4.74. The van der Waals surface area contributed by atoms with Gasteiger partial charge < -0.3 is 4.74 Å². The van der Waals surface area contributed by atoms with Crippen molar-refractivity contribution in [1.29, 1.82) is 0 Å². The number of halogens is 1. The summed E-state index contributed by atoms with van der Waals surface area (Å²) in [6.07, 6.45) is 1.83.